The number of carboxylic acids is 1. The van der Waals surface area contributed by atoms with Gasteiger partial charge in [-0.1, -0.05) is 0 Å². The zero-order valence-electron chi connectivity index (χ0n) is 9.69. The Kier molecular flexibility index (Phi) is 4.45. The van der Waals surface area contributed by atoms with E-state index in [0.717, 1.165) is 5.01 Å². The van der Waals surface area contributed by atoms with Crippen LogP contribution >= 0.6 is 11.3 Å². The number of aromatic nitrogens is 1. The molecule has 1 aromatic heterocycles. The molecule has 2 amide bonds. The van der Waals surface area contributed by atoms with Crippen molar-refractivity contribution in [1.82, 2.24) is 15.6 Å². The van der Waals surface area contributed by atoms with Gasteiger partial charge < -0.3 is 15.7 Å². The number of carbonyl (C=O) groups is 2. The van der Waals surface area contributed by atoms with Crippen molar-refractivity contribution in [2.45, 2.75) is 20.4 Å². The van der Waals surface area contributed by atoms with Crippen molar-refractivity contribution in [2.24, 2.45) is 5.41 Å². The summed E-state index contributed by atoms with van der Waals surface area (Å²) in [4.78, 5) is 26.2. The highest BCUT2D eigenvalue weighted by atomic mass is 32.1. The lowest BCUT2D eigenvalue weighted by Gasteiger charge is -2.19. The molecule has 0 aliphatic rings. The largest absolute Gasteiger partial charge is 0.481 e. The van der Waals surface area contributed by atoms with Gasteiger partial charge in [0.15, 0.2) is 0 Å². The van der Waals surface area contributed by atoms with Crippen LogP contribution in [-0.4, -0.2) is 28.6 Å². The molecule has 0 atom stereocenters. The lowest BCUT2D eigenvalue weighted by Crippen LogP contribution is -2.43. The third kappa shape index (κ3) is 4.39. The van der Waals surface area contributed by atoms with Gasteiger partial charge in [-0.2, -0.15) is 0 Å². The van der Waals surface area contributed by atoms with Crippen molar-refractivity contribution in [3.05, 3.63) is 16.6 Å². The summed E-state index contributed by atoms with van der Waals surface area (Å²) in [5.74, 6) is -0.947. The number of urea groups is 1. The standard InChI is InChI=1S/C10H15N3O3S/c1-10(2,8(14)15)6-13-9(16)12-5-7-11-3-4-17-7/h3-4H,5-6H2,1-2H3,(H,14,15)(H2,12,13,16). The number of nitrogens with zero attached hydrogens (tertiary/aromatic N) is 1. The summed E-state index contributed by atoms with van der Waals surface area (Å²) in [6.07, 6.45) is 1.66. The molecule has 94 valence electrons. The number of nitrogens with one attached hydrogen (secondary N) is 2. The molecular weight excluding hydrogens is 242 g/mol. The van der Waals surface area contributed by atoms with Crippen LogP contribution in [0.4, 0.5) is 4.79 Å². The molecule has 1 rings (SSSR count). The maximum Gasteiger partial charge on any atom is 0.315 e. The molecule has 0 aliphatic heterocycles. The minimum atomic E-state index is -0.974. The number of hydrogen-bond donors (Lipinski definition) is 3. The van der Waals surface area contributed by atoms with Gasteiger partial charge in [-0.25, -0.2) is 9.78 Å². The van der Waals surface area contributed by atoms with Crippen LogP contribution in [0.5, 0.6) is 0 Å². The second kappa shape index (κ2) is 5.62. The molecule has 1 aromatic rings. The van der Waals surface area contributed by atoms with E-state index in [1.165, 1.54) is 11.3 Å². The lowest BCUT2D eigenvalue weighted by molar-refractivity contribution is -0.146. The minimum Gasteiger partial charge on any atom is -0.481 e. The number of thiazole rings is 1. The molecule has 0 fully saturated rings. The van der Waals surface area contributed by atoms with Crippen LogP contribution in [0.3, 0.4) is 0 Å². The van der Waals surface area contributed by atoms with Crippen LogP contribution in [0.2, 0.25) is 0 Å². The van der Waals surface area contributed by atoms with Crippen LogP contribution in [0, 0.1) is 5.41 Å². The quantitative estimate of drug-likeness (QED) is 0.735. The predicted octanol–water partition coefficient (Wildman–Crippen LogP) is 1.05. The van der Waals surface area contributed by atoms with Gasteiger partial charge in [0.1, 0.15) is 5.01 Å². The van der Waals surface area contributed by atoms with Crippen LogP contribution in [0.1, 0.15) is 18.9 Å². The Balaban J connectivity index is 2.28. The van der Waals surface area contributed by atoms with Crippen molar-refractivity contribution in [2.75, 3.05) is 6.54 Å². The van der Waals surface area contributed by atoms with Crippen LogP contribution in [0.25, 0.3) is 0 Å². The molecule has 7 heteroatoms. The van der Waals surface area contributed by atoms with E-state index in [0.29, 0.717) is 6.54 Å². The highest BCUT2D eigenvalue weighted by Gasteiger charge is 2.27. The SMILES string of the molecule is CC(C)(CNC(=O)NCc1nccs1)C(=O)O. The Bertz CT molecular complexity index is 390. The third-order valence-electron chi connectivity index (χ3n) is 2.15. The normalized spacial score (nSPS) is 10.9. The topological polar surface area (TPSA) is 91.3 Å². The molecule has 6 nitrogen and oxygen atoms in total. The number of amides is 2. The van der Waals surface area contributed by atoms with Gasteiger partial charge in [0, 0.05) is 18.1 Å². The Morgan fingerprint density at radius 1 is 1.47 bits per heavy atom. The summed E-state index contributed by atoms with van der Waals surface area (Å²) in [5, 5.41) is 16.6. The van der Waals surface area contributed by atoms with Gasteiger partial charge in [-0.05, 0) is 13.8 Å². The summed E-state index contributed by atoms with van der Waals surface area (Å²) in [5.41, 5.74) is -0.974. The summed E-state index contributed by atoms with van der Waals surface area (Å²) < 4.78 is 0. The fraction of sp³-hybridized carbons (Fsp3) is 0.500. The lowest BCUT2D eigenvalue weighted by atomic mass is 9.94. The van der Waals surface area contributed by atoms with Crippen LogP contribution < -0.4 is 10.6 Å². The first kappa shape index (κ1) is 13.4. The fourth-order valence-electron chi connectivity index (χ4n) is 0.936. The minimum absolute atomic E-state index is 0.0754. The van der Waals surface area contributed by atoms with Gasteiger partial charge in [0.05, 0.1) is 12.0 Å². The molecule has 0 aromatic carbocycles. The average Bonchev–Trinajstić information content (AvgIpc) is 2.76. The Morgan fingerprint density at radius 3 is 2.71 bits per heavy atom. The van der Waals surface area contributed by atoms with Gasteiger partial charge in [-0.3, -0.25) is 4.79 Å². The summed E-state index contributed by atoms with van der Waals surface area (Å²) in [7, 11) is 0. The summed E-state index contributed by atoms with van der Waals surface area (Å²) in [6.45, 7) is 3.52. The Morgan fingerprint density at radius 2 is 2.18 bits per heavy atom. The average molecular weight is 257 g/mol. The third-order valence-corrected chi connectivity index (χ3v) is 2.93. The molecule has 0 bridgehead atoms. The molecule has 17 heavy (non-hydrogen) atoms. The molecule has 0 unspecified atom stereocenters. The van der Waals surface area contributed by atoms with Crippen LogP contribution in [0.15, 0.2) is 11.6 Å². The van der Waals surface area contributed by atoms with E-state index < -0.39 is 17.4 Å². The predicted molar refractivity (Wildman–Crippen MR) is 63.8 cm³/mol. The number of rotatable bonds is 5. The second-order valence-corrected chi connectivity index (χ2v) is 5.13. The van der Waals surface area contributed by atoms with Crippen molar-refractivity contribution in [3.63, 3.8) is 0 Å². The highest BCUT2D eigenvalue weighted by molar-refractivity contribution is 7.09. The zero-order valence-corrected chi connectivity index (χ0v) is 10.5. The number of carbonyl (C=O) groups excluding carboxylic acids is 1. The smallest absolute Gasteiger partial charge is 0.315 e. The second-order valence-electron chi connectivity index (χ2n) is 4.15. The van der Waals surface area contributed by atoms with Gasteiger partial charge in [-0.15, -0.1) is 11.3 Å². The summed E-state index contributed by atoms with van der Waals surface area (Å²) in [6, 6.07) is -0.394. The molecule has 0 spiro atoms. The van der Waals surface area contributed by atoms with E-state index in [2.05, 4.69) is 15.6 Å². The fourth-order valence-corrected chi connectivity index (χ4v) is 1.49. The van der Waals surface area contributed by atoms with Crippen LogP contribution in [-0.2, 0) is 11.3 Å². The Hall–Kier alpha value is -1.63. The van der Waals surface area contributed by atoms with Crippen molar-refractivity contribution < 1.29 is 14.7 Å². The Labute approximate surface area is 103 Å². The van der Waals surface area contributed by atoms with E-state index in [1.807, 2.05) is 5.38 Å². The number of hydrogen-bond acceptors (Lipinski definition) is 4. The molecular formula is C10H15N3O3S. The van der Waals surface area contributed by atoms with E-state index >= 15 is 0 Å². The van der Waals surface area contributed by atoms with E-state index in [1.54, 1.807) is 20.0 Å². The van der Waals surface area contributed by atoms with Crippen molar-refractivity contribution in [3.8, 4) is 0 Å². The molecule has 3 N–H and O–H groups in total. The molecule has 0 saturated heterocycles. The zero-order chi connectivity index (χ0) is 12.9. The first-order valence-corrected chi connectivity index (χ1v) is 5.93. The first-order chi connectivity index (χ1) is 7.92. The number of carboxylic acid groups (broad SMARTS) is 1. The van der Waals surface area contributed by atoms with Crippen molar-refractivity contribution >= 4 is 23.3 Å². The summed E-state index contributed by atoms with van der Waals surface area (Å²) >= 11 is 1.45. The molecule has 0 radical (unpaired) electrons. The van der Waals surface area contributed by atoms with E-state index in [4.69, 9.17) is 5.11 Å². The van der Waals surface area contributed by atoms with Gasteiger partial charge in [0.25, 0.3) is 0 Å². The van der Waals surface area contributed by atoms with E-state index in [9.17, 15) is 9.59 Å². The van der Waals surface area contributed by atoms with Gasteiger partial charge >= 0.3 is 12.0 Å². The maximum absolute atomic E-state index is 11.4. The first-order valence-electron chi connectivity index (χ1n) is 5.05. The van der Waals surface area contributed by atoms with Crippen molar-refractivity contribution in [1.29, 1.82) is 0 Å². The maximum atomic E-state index is 11.4. The van der Waals surface area contributed by atoms with E-state index in [-0.39, 0.29) is 6.54 Å². The monoisotopic (exact) mass is 257 g/mol. The number of aliphatic carboxylic acids is 1. The highest BCUT2D eigenvalue weighted by Crippen LogP contribution is 2.12. The molecule has 0 aliphatic carbocycles. The van der Waals surface area contributed by atoms with Gasteiger partial charge in [0.2, 0.25) is 0 Å². The molecule has 1 heterocycles. The molecule has 0 saturated carbocycles.